The van der Waals surface area contributed by atoms with Crippen molar-refractivity contribution >= 4 is 97.3 Å². The molecule has 26 heteroatoms. The first-order valence-corrected chi connectivity index (χ1v) is 33.4. The lowest BCUT2D eigenvalue weighted by Crippen LogP contribution is -2.20. The van der Waals surface area contributed by atoms with Gasteiger partial charge < -0.3 is 97.0 Å². The summed E-state index contributed by atoms with van der Waals surface area (Å²) < 4.78 is 75.2. The Morgan fingerprint density at radius 1 is 0.424 bits per heavy atom. The summed E-state index contributed by atoms with van der Waals surface area (Å²) in [5.74, 6) is -3.17. The van der Waals surface area contributed by atoms with Crippen molar-refractivity contribution in [2.45, 2.75) is 123 Å². The molecule has 0 saturated heterocycles. The van der Waals surface area contributed by atoms with Crippen molar-refractivity contribution in [1.29, 1.82) is 0 Å². The van der Waals surface area contributed by atoms with E-state index < -0.39 is 23.6 Å². The van der Waals surface area contributed by atoms with Crippen molar-refractivity contribution < 1.29 is 56.0 Å². The Morgan fingerprint density at radius 2 is 0.727 bits per heavy atom. The van der Waals surface area contributed by atoms with Gasteiger partial charge in [-0.1, -0.05) is 42.5 Å². The quantitative estimate of drug-likeness (QED) is 0.0242. The molecule has 0 saturated carbocycles. The van der Waals surface area contributed by atoms with Crippen LogP contribution in [-0.4, -0.2) is 87.5 Å². The molecule has 0 unspecified atom stereocenters. The Kier molecular flexibility index (Phi) is 25.3. The van der Waals surface area contributed by atoms with Crippen molar-refractivity contribution in [3.05, 3.63) is 152 Å². The molecule has 0 radical (unpaired) electrons. The van der Waals surface area contributed by atoms with Gasteiger partial charge in [0.15, 0.2) is 17.3 Å². The lowest BCUT2D eigenvalue weighted by molar-refractivity contribution is -0.136. The summed E-state index contributed by atoms with van der Waals surface area (Å²) in [6, 6.07) is 25.2. The van der Waals surface area contributed by atoms with Crippen molar-refractivity contribution in [3.63, 3.8) is 0 Å². The minimum Gasteiger partial charge on any atom is -0.504 e. The third-order valence-electron chi connectivity index (χ3n) is 17.6. The predicted octanol–water partition coefficient (Wildman–Crippen LogP) is 13.3. The van der Waals surface area contributed by atoms with E-state index in [1.54, 1.807) is 37.3 Å². The number of rotatable bonds is 6. The maximum absolute atomic E-state index is 13.4. The average Bonchev–Trinajstić information content (AvgIpc) is 0.841. The summed E-state index contributed by atoms with van der Waals surface area (Å²) >= 11 is 0. The number of anilines is 14. The zero-order valence-corrected chi connectivity index (χ0v) is 56.5. The lowest BCUT2D eigenvalue weighted by Gasteiger charge is -2.25. The number of carboxylic acid groups (broad SMARTS) is 1. The second kappa shape index (κ2) is 33.7. The van der Waals surface area contributed by atoms with Gasteiger partial charge in [-0.15, -0.1) is 0 Å². The molecule has 0 aliphatic carbocycles. The van der Waals surface area contributed by atoms with Crippen LogP contribution in [0, 0.1) is 0 Å². The van der Waals surface area contributed by atoms with Gasteiger partial charge in [-0.25, -0.2) is 18.4 Å². The average molecular weight is 1370 g/mol. The number of carbonyl (C=O) groups is 3. The number of fused-ring (bicyclic) bond motifs is 7. The first kappa shape index (κ1) is 74.4. The number of nitrogens with one attached hydrogen (secondary N) is 7. The number of hydrogen-bond acceptors (Lipinski definition) is 20. The van der Waals surface area contributed by atoms with Crippen LogP contribution in [0.25, 0.3) is 0 Å². The highest BCUT2D eigenvalue weighted by molar-refractivity contribution is 6.05. The van der Waals surface area contributed by atoms with Gasteiger partial charge in [0.2, 0.25) is 0 Å². The van der Waals surface area contributed by atoms with Gasteiger partial charge in [-0.2, -0.15) is 13.2 Å². The van der Waals surface area contributed by atoms with E-state index in [0.29, 0.717) is 70.4 Å². The van der Waals surface area contributed by atoms with Crippen LogP contribution >= 0.6 is 0 Å². The number of benzene rings is 7. The molecule has 532 valence electrons. The van der Waals surface area contributed by atoms with Crippen LogP contribution in [0.4, 0.5) is 102 Å². The van der Waals surface area contributed by atoms with Gasteiger partial charge in [0, 0.05) is 86.9 Å². The van der Waals surface area contributed by atoms with Crippen LogP contribution in [0.1, 0.15) is 147 Å². The van der Waals surface area contributed by atoms with Gasteiger partial charge in [0.05, 0.1) is 70.3 Å². The van der Waals surface area contributed by atoms with E-state index >= 15 is 0 Å². The number of aromatic hydroxyl groups is 1. The van der Waals surface area contributed by atoms with Crippen molar-refractivity contribution in [3.8, 4) is 11.5 Å². The number of aryl methyl sites for hydroxylation is 7. The summed E-state index contributed by atoms with van der Waals surface area (Å²) in [6.07, 6.45) is 9.56. The largest absolute Gasteiger partial charge is 0.504 e. The van der Waals surface area contributed by atoms with E-state index in [4.69, 9.17) is 54.7 Å². The van der Waals surface area contributed by atoms with Crippen molar-refractivity contribution in [2.75, 3.05) is 137 Å². The lowest BCUT2D eigenvalue weighted by atomic mass is 9.95. The summed E-state index contributed by atoms with van der Waals surface area (Å²) in [4.78, 5) is 34.0. The number of hydrogen-bond donors (Lipinski definition) is 16. The second-order valence-corrected chi connectivity index (χ2v) is 24.8. The van der Waals surface area contributed by atoms with E-state index in [1.165, 1.54) is 30.7 Å². The fourth-order valence-electron chi connectivity index (χ4n) is 12.9. The minimum atomic E-state index is -4.39. The van der Waals surface area contributed by atoms with Gasteiger partial charge in [0.1, 0.15) is 16.7 Å². The summed E-state index contributed by atoms with van der Waals surface area (Å²) in [7, 11) is 1.37. The van der Waals surface area contributed by atoms with Crippen LogP contribution in [0.2, 0.25) is 0 Å². The number of phenolic OH excluding ortho intramolecular Hbond substituents is 1. The standard InChI is InChI=1S/C11H14F2N2.C11H14N2O2.C11H14N2O.C11H16N2O.C10H11F3N2.C10H12N2O2.C9H12N2O/c1-11(12,13)9-8(14)5-4-7-3-2-6-15-10(7)9;1-15-11(14)9-8(12)5-4-7-3-2-6-13-10(7)9;1-7(14)10-9(12)5-4-8-3-2-6-13-11(8)10;1-2-14-11-9(12)6-5-8-4-3-7-13-10(8)11;11-10(12,13)8-7(14)4-3-6-2-1-5-15-9(6)8;11-7-4-3-6-2-1-5-12-9(6)8(7)10(13)14;10-7-4-3-6-2-1-5-11-8(6)9(7)12/h4-5,15H,2-3,6,14H2,1H3;4-5,13H,2-3,6,12H2,1H3;4-5,13H,2-3,6,12H2,1H3;5-6,13H,2-4,7,12H2,1H3;3-4,15H,1-2,5,14H2;3-4,12H,1-2,5,11H2,(H,13,14);3-4,11-12H,1-2,5,10H2. The molecule has 0 fully saturated rings. The molecule has 7 aliphatic rings. The van der Waals surface area contributed by atoms with E-state index in [2.05, 4.69) is 43.3 Å². The molecular weight excluding hydrogens is 1280 g/mol. The van der Waals surface area contributed by atoms with Crippen LogP contribution < -0.4 is 82.1 Å². The Labute approximate surface area is 573 Å². The van der Waals surface area contributed by atoms with Gasteiger partial charge in [-0.05, 0) is 185 Å². The van der Waals surface area contributed by atoms with E-state index in [0.717, 1.165) is 180 Å². The first-order chi connectivity index (χ1) is 47.2. The zero-order chi connectivity index (χ0) is 71.7. The van der Waals surface area contributed by atoms with E-state index in [-0.39, 0.29) is 45.7 Å². The number of Topliss-reactive ketones (excluding diaryl/α,β-unsaturated/α-hetero) is 1. The molecule has 7 aromatic carbocycles. The number of ether oxygens (including phenoxy) is 2. The van der Waals surface area contributed by atoms with Crippen LogP contribution in [-0.2, 0) is 61.8 Å². The molecule has 14 rings (SSSR count). The number of methoxy groups -OCH3 is 1. The molecule has 0 aromatic heterocycles. The van der Waals surface area contributed by atoms with Crippen LogP contribution in [0.15, 0.2) is 84.9 Å². The predicted molar refractivity (Wildman–Crippen MR) is 389 cm³/mol. The Bertz CT molecular complexity index is 3880. The molecule has 99 heavy (non-hydrogen) atoms. The molecule has 0 bridgehead atoms. The molecule has 7 aromatic rings. The summed E-state index contributed by atoms with van der Waals surface area (Å²) in [5.41, 5.74) is 55.2. The number of phenols is 1. The maximum Gasteiger partial charge on any atom is 0.420 e. The maximum atomic E-state index is 13.4. The molecule has 21 nitrogen and oxygen atoms in total. The van der Waals surface area contributed by atoms with Crippen LogP contribution in [0.5, 0.6) is 11.5 Å². The Hall–Kier alpha value is -10.4. The fourth-order valence-corrected chi connectivity index (χ4v) is 12.9. The van der Waals surface area contributed by atoms with Crippen molar-refractivity contribution in [1.82, 2.24) is 0 Å². The highest BCUT2D eigenvalue weighted by Gasteiger charge is 2.38. The third kappa shape index (κ3) is 18.4. The van der Waals surface area contributed by atoms with Crippen LogP contribution in [0.3, 0.4) is 0 Å². The highest BCUT2D eigenvalue weighted by Crippen LogP contribution is 2.44. The highest BCUT2D eigenvalue weighted by atomic mass is 19.4. The smallest absolute Gasteiger partial charge is 0.420 e. The number of nitrogens with two attached hydrogens (primary N) is 7. The monoisotopic (exact) mass is 1370 g/mol. The normalized spacial score (nSPS) is 14.8. The molecular formula is C73H93F5N14O7. The number of carboxylic acids is 1. The molecule has 23 N–H and O–H groups in total. The molecule has 0 amide bonds. The Balaban J connectivity index is 0.000000147. The van der Waals surface area contributed by atoms with Gasteiger partial charge >= 0.3 is 18.1 Å². The summed E-state index contributed by atoms with van der Waals surface area (Å²) in [6.45, 7) is 10.9. The first-order valence-electron chi connectivity index (χ1n) is 33.4. The Morgan fingerprint density at radius 3 is 1.12 bits per heavy atom. The zero-order valence-electron chi connectivity index (χ0n) is 56.5. The van der Waals surface area contributed by atoms with E-state index in [9.17, 15) is 41.4 Å². The molecule has 7 heterocycles. The summed E-state index contributed by atoms with van der Waals surface area (Å²) in [5, 5.41) is 40.4. The topological polar surface area (TPSA) is 376 Å². The number of alkyl halides is 5. The molecule has 7 aliphatic heterocycles. The van der Waals surface area contributed by atoms with Crippen molar-refractivity contribution in [2.24, 2.45) is 0 Å². The third-order valence-corrected chi connectivity index (χ3v) is 17.6. The fraction of sp³-hybridized carbons (Fsp3) is 0.384. The SMILES string of the molecule is CC(=O)c1c(N)ccc2c1NCCC2.CC(F)(F)c1c(N)ccc2c1NCCC2.CCOc1c(N)ccc2c1NCCC2.COC(=O)c1c(N)ccc2c1NCCC2.Nc1ccc2c(c1C(=O)O)NCCC2.Nc1ccc2c(c1C(F)(F)F)NCCC2.Nc1ccc2c(c1O)NCCC2. The second-order valence-electron chi connectivity index (χ2n) is 24.8. The van der Waals surface area contributed by atoms with Gasteiger partial charge in [-0.3, -0.25) is 4.79 Å². The number of carbonyl (C=O) groups excluding carboxylic acids is 2. The molecule has 0 spiro atoms. The van der Waals surface area contributed by atoms with E-state index in [1.807, 2.05) is 49.4 Å². The number of aromatic carboxylic acids is 1. The number of ketones is 1. The van der Waals surface area contributed by atoms with Gasteiger partial charge in [0.25, 0.3) is 5.92 Å². The molecule has 0 atom stereocenters. The number of nitrogen functional groups attached to an aromatic ring is 7. The number of esters is 1. The minimum absolute atomic E-state index is 0.0359. The number of halogens is 5.